The first-order valence-corrected chi connectivity index (χ1v) is 6.52. The van der Waals surface area contributed by atoms with E-state index in [4.69, 9.17) is 0 Å². The van der Waals surface area contributed by atoms with Crippen LogP contribution in [0.25, 0.3) is 0 Å². The fraction of sp³-hybridized carbons (Fsp3) is 0.417. The Kier molecular flexibility index (Phi) is 4.28. The SMILES string of the molecule is CC(=O)P(Cc1ccccc1)C(C)C. The Bertz CT molecular complexity index is 292. The Balaban J connectivity index is 2.70. The van der Waals surface area contributed by atoms with Crippen molar-refractivity contribution in [2.75, 3.05) is 0 Å². The van der Waals surface area contributed by atoms with E-state index in [1.54, 1.807) is 6.92 Å². The molecule has 0 saturated carbocycles. The topological polar surface area (TPSA) is 17.1 Å². The van der Waals surface area contributed by atoms with Crippen molar-refractivity contribution in [1.29, 1.82) is 0 Å². The first kappa shape index (κ1) is 11.4. The van der Waals surface area contributed by atoms with E-state index in [0.717, 1.165) is 6.16 Å². The summed E-state index contributed by atoms with van der Waals surface area (Å²) in [5.74, 6) is 0. The molecule has 1 rings (SSSR count). The molecule has 0 radical (unpaired) electrons. The number of carbonyl (C=O) groups excluding carboxylic acids is 1. The van der Waals surface area contributed by atoms with Crippen molar-refractivity contribution in [1.82, 2.24) is 0 Å². The Morgan fingerprint density at radius 2 is 1.86 bits per heavy atom. The van der Waals surface area contributed by atoms with Crippen LogP contribution in [0.1, 0.15) is 26.3 Å². The Labute approximate surface area is 87.3 Å². The molecule has 1 unspecified atom stereocenters. The zero-order valence-electron chi connectivity index (χ0n) is 9.03. The fourth-order valence-electron chi connectivity index (χ4n) is 1.44. The van der Waals surface area contributed by atoms with E-state index in [1.807, 2.05) is 18.2 Å². The molecule has 0 aliphatic rings. The highest BCUT2D eigenvalue weighted by molar-refractivity contribution is 7.74. The summed E-state index contributed by atoms with van der Waals surface area (Å²) in [5.41, 5.74) is 2.13. The first-order valence-electron chi connectivity index (χ1n) is 4.92. The molecule has 0 fully saturated rings. The number of hydrogen-bond donors (Lipinski definition) is 0. The van der Waals surface area contributed by atoms with Crippen LogP contribution in [0.15, 0.2) is 30.3 Å². The predicted molar refractivity (Wildman–Crippen MR) is 62.9 cm³/mol. The van der Waals surface area contributed by atoms with Crippen molar-refractivity contribution in [3.8, 4) is 0 Å². The van der Waals surface area contributed by atoms with Gasteiger partial charge in [-0.15, -0.1) is 0 Å². The summed E-state index contributed by atoms with van der Waals surface area (Å²) in [6.07, 6.45) is 0.934. The highest BCUT2D eigenvalue weighted by Gasteiger charge is 2.17. The van der Waals surface area contributed by atoms with Crippen LogP contribution in [-0.4, -0.2) is 11.2 Å². The molecule has 0 heterocycles. The van der Waals surface area contributed by atoms with Crippen LogP contribution in [0.2, 0.25) is 0 Å². The van der Waals surface area contributed by atoms with Crippen LogP contribution in [0.3, 0.4) is 0 Å². The fourth-order valence-corrected chi connectivity index (χ4v) is 3.36. The Morgan fingerprint density at radius 3 is 2.29 bits per heavy atom. The highest BCUT2D eigenvalue weighted by Crippen LogP contribution is 2.44. The van der Waals surface area contributed by atoms with Gasteiger partial charge in [0.15, 0.2) is 5.52 Å². The van der Waals surface area contributed by atoms with Gasteiger partial charge < -0.3 is 0 Å². The average molecular weight is 208 g/mol. The molecule has 76 valence electrons. The van der Waals surface area contributed by atoms with Gasteiger partial charge in [-0.2, -0.15) is 0 Å². The van der Waals surface area contributed by atoms with Gasteiger partial charge in [0, 0.05) is 0 Å². The van der Waals surface area contributed by atoms with Gasteiger partial charge in [-0.3, -0.25) is 4.79 Å². The standard InChI is InChI=1S/C12H17OP/c1-10(2)14(11(3)13)9-12-7-5-4-6-8-12/h4-8,10H,9H2,1-3H3. The molecule has 0 aliphatic heterocycles. The van der Waals surface area contributed by atoms with Crippen LogP contribution >= 0.6 is 7.92 Å². The van der Waals surface area contributed by atoms with Crippen LogP contribution in [0, 0.1) is 0 Å². The minimum atomic E-state index is -0.494. The molecular weight excluding hydrogens is 191 g/mol. The number of benzene rings is 1. The van der Waals surface area contributed by atoms with Crippen LogP contribution in [0.5, 0.6) is 0 Å². The maximum Gasteiger partial charge on any atom is 0.151 e. The van der Waals surface area contributed by atoms with Crippen molar-refractivity contribution in [2.24, 2.45) is 0 Å². The van der Waals surface area contributed by atoms with Gasteiger partial charge in [0.25, 0.3) is 0 Å². The molecule has 1 atom stereocenters. The maximum absolute atomic E-state index is 11.4. The molecule has 1 aromatic carbocycles. The molecule has 0 spiro atoms. The molecule has 2 heteroatoms. The third-order valence-corrected chi connectivity index (χ3v) is 4.99. The zero-order chi connectivity index (χ0) is 10.6. The third-order valence-electron chi connectivity index (χ3n) is 2.22. The lowest BCUT2D eigenvalue weighted by Crippen LogP contribution is -2.02. The van der Waals surface area contributed by atoms with Gasteiger partial charge in [-0.05, 0) is 32.2 Å². The molecule has 0 amide bonds. The molecule has 0 saturated heterocycles. The van der Waals surface area contributed by atoms with Crippen molar-refractivity contribution in [3.63, 3.8) is 0 Å². The monoisotopic (exact) mass is 208 g/mol. The van der Waals surface area contributed by atoms with Gasteiger partial charge in [0.05, 0.1) is 0 Å². The number of rotatable bonds is 4. The summed E-state index contributed by atoms with van der Waals surface area (Å²) in [6.45, 7) is 5.99. The summed E-state index contributed by atoms with van der Waals surface area (Å²) in [6, 6.07) is 10.3. The van der Waals surface area contributed by atoms with E-state index < -0.39 is 7.92 Å². The van der Waals surface area contributed by atoms with Crippen LogP contribution < -0.4 is 0 Å². The van der Waals surface area contributed by atoms with Gasteiger partial charge >= 0.3 is 0 Å². The Hall–Kier alpha value is -0.680. The van der Waals surface area contributed by atoms with Gasteiger partial charge in [-0.25, -0.2) is 0 Å². The number of carbonyl (C=O) groups is 1. The molecule has 1 aromatic rings. The van der Waals surface area contributed by atoms with Crippen molar-refractivity contribution >= 4 is 13.4 Å². The molecule has 0 aromatic heterocycles. The van der Waals surface area contributed by atoms with E-state index in [-0.39, 0.29) is 0 Å². The molecule has 14 heavy (non-hydrogen) atoms. The second-order valence-corrected chi connectivity index (χ2v) is 6.64. The van der Waals surface area contributed by atoms with Crippen molar-refractivity contribution in [3.05, 3.63) is 35.9 Å². The Morgan fingerprint density at radius 1 is 1.29 bits per heavy atom. The molecule has 0 N–H and O–H groups in total. The lowest BCUT2D eigenvalue weighted by molar-refractivity contribution is -0.109. The summed E-state index contributed by atoms with van der Waals surface area (Å²) >= 11 is 0. The van der Waals surface area contributed by atoms with E-state index in [1.165, 1.54) is 5.56 Å². The van der Waals surface area contributed by atoms with E-state index in [9.17, 15) is 4.79 Å². The maximum atomic E-state index is 11.4. The quantitative estimate of drug-likeness (QED) is 0.690. The molecule has 1 nitrogen and oxygen atoms in total. The van der Waals surface area contributed by atoms with E-state index in [2.05, 4.69) is 26.0 Å². The van der Waals surface area contributed by atoms with E-state index in [0.29, 0.717) is 11.2 Å². The molecular formula is C12H17OP. The van der Waals surface area contributed by atoms with E-state index >= 15 is 0 Å². The summed E-state index contributed by atoms with van der Waals surface area (Å²) in [7, 11) is -0.494. The molecule has 0 aliphatic carbocycles. The minimum absolute atomic E-state index is 0.360. The average Bonchev–Trinajstić information content (AvgIpc) is 2.15. The predicted octanol–water partition coefficient (Wildman–Crippen LogP) is 3.62. The van der Waals surface area contributed by atoms with Crippen LogP contribution in [0.4, 0.5) is 0 Å². The normalized spacial score (nSPS) is 12.9. The lowest BCUT2D eigenvalue weighted by atomic mass is 10.2. The largest absolute Gasteiger partial charge is 0.295 e. The van der Waals surface area contributed by atoms with Gasteiger partial charge in [-0.1, -0.05) is 44.2 Å². The smallest absolute Gasteiger partial charge is 0.151 e. The third kappa shape index (κ3) is 3.23. The first-order chi connectivity index (χ1) is 6.61. The summed E-state index contributed by atoms with van der Waals surface area (Å²) in [4.78, 5) is 11.4. The second kappa shape index (κ2) is 5.26. The summed E-state index contributed by atoms with van der Waals surface area (Å²) in [5, 5.41) is 0. The second-order valence-electron chi connectivity index (χ2n) is 3.73. The van der Waals surface area contributed by atoms with Gasteiger partial charge in [0.1, 0.15) is 0 Å². The zero-order valence-corrected chi connectivity index (χ0v) is 9.92. The van der Waals surface area contributed by atoms with Gasteiger partial charge in [0.2, 0.25) is 0 Å². The lowest BCUT2D eigenvalue weighted by Gasteiger charge is -2.18. The minimum Gasteiger partial charge on any atom is -0.295 e. The summed E-state index contributed by atoms with van der Waals surface area (Å²) < 4.78 is 0. The number of hydrogen-bond acceptors (Lipinski definition) is 1. The van der Waals surface area contributed by atoms with Crippen molar-refractivity contribution in [2.45, 2.75) is 32.6 Å². The molecule has 0 bridgehead atoms. The highest BCUT2D eigenvalue weighted by atomic mass is 31.1. The van der Waals surface area contributed by atoms with Crippen LogP contribution in [-0.2, 0) is 11.0 Å². The van der Waals surface area contributed by atoms with Crippen molar-refractivity contribution < 1.29 is 4.79 Å².